The maximum absolute atomic E-state index is 12.5. The smallest absolute Gasteiger partial charge is 0.251 e. The van der Waals surface area contributed by atoms with Crippen molar-refractivity contribution in [1.29, 1.82) is 0 Å². The summed E-state index contributed by atoms with van der Waals surface area (Å²) >= 11 is 0. The van der Waals surface area contributed by atoms with Crippen LogP contribution in [0.5, 0.6) is 0 Å². The molecule has 4 rings (SSSR count). The van der Waals surface area contributed by atoms with Crippen LogP contribution in [0.1, 0.15) is 22.1 Å². The Balaban J connectivity index is 1.48. The molecule has 3 aromatic rings. The Kier molecular flexibility index (Phi) is 4.39. The Labute approximate surface area is 149 Å². The zero-order valence-corrected chi connectivity index (χ0v) is 14.6. The molecule has 0 bridgehead atoms. The van der Waals surface area contributed by atoms with Gasteiger partial charge in [-0.1, -0.05) is 0 Å². The molecule has 2 aromatic heterocycles. The summed E-state index contributed by atoms with van der Waals surface area (Å²) in [5, 5.41) is 10.5. The number of aromatic nitrogens is 4. The molecule has 0 unspecified atom stereocenters. The molecule has 136 valence electrons. The highest BCUT2D eigenvalue weighted by Crippen LogP contribution is 2.27. The number of rotatable bonds is 4. The fourth-order valence-electron chi connectivity index (χ4n) is 3.32. The molecule has 2 atom stereocenters. The van der Waals surface area contributed by atoms with Crippen LogP contribution in [-0.4, -0.2) is 63.5 Å². The zero-order chi connectivity index (χ0) is 18.1. The molecule has 0 spiro atoms. The quantitative estimate of drug-likeness (QED) is 0.737. The second kappa shape index (κ2) is 6.85. The van der Waals surface area contributed by atoms with E-state index in [1.54, 1.807) is 24.5 Å². The molecule has 1 aromatic carbocycles. The minimum absolute atomic E-state index is 0.0266. The van der Waals surface area contributed by atoms with Gasteiger partial charge in [-0.05, 0) is 35.6 Å². The average Bonchev–Trinajstić information content (AvgIpc) is 3.27. The van der Waals surface area contributed by atoms with Crippen molar-refractivity contribution in [1.82, 2.24) is 30.1 Å². The first kappa shape index (κ1) is 16.7. The van der Waals surface area contributed by atoms with Gasteiger partial charge in [-0.2, -0.15) is 0 Å². The van der Waals surface area contributed by atoms with Crippen LogP contribution in [0.2, 0.25) is 0 Å². The number of nitrogens with one attached hydrogen (secondary N) is 1. The van der Waals surface area contributed by atoms with Gasteiger partial charge in [0.05, 0.1) is 30.8 Å². The third kappa shape index (κ3) is 3.06. The highest BCUT2D eigenvalue weighted by Gasteiger charge is 2.33. The van der Waals surface area contributed by atoms with Crippen molar-refractivity contribution in [2.75, 3.05) is 26.7 Å². The first-order chi connectivity index (χ1) is 12.6. The number of carbonyl (C=O) groups excluding carboxylic acids is 1. The van der Waals surface area contributed by atoms with Gasteiger partial charge in [0.1, 0.15) is 11.0 Å². The minimum atomic E-state index is -0.185. The van der Waals surface area contributed by atoms with Crippen molar-refractivity contribution in [3.63, 3.8) is 0 Å². The Bertz CT molecular complexity index is 920. The van der Waals surface area contributed by atoms with Gasteiger partial charge in [0, 0.05) is 31.9 Å². The normalized spacial score (nSPS) is 21.2. The topological polar surface area (TPSA) is 98.3 Å². The minimum Gasteiger partial charge on any atom is -0.373 e. The third-order valence-electron chi connectivity index (χ3n) is 4.74. The lowest BCUT2D eigenvalue weighted by atomic mass is 10.0. The van der Waals surface area contributed by atoms with E-state index >= 15 is 0 Å². The van der Waals surface area contributed by atoms with E-state index < -0.39 is 0 Å². The summed E-state index contributed by atoms with van der Waals surface area (Å²) in [4.78, 5) is 18.9. The number of amides is 1. The van der Waals surface area contributed by atoms with Crippen LogP contribution < -0.4 is 5.32 Å². The fourth-order valence-corrected chi connectivity index (χ4v) is 3.32. The summed E-state index contributed by atoms with van der Waals surface area (Å²) in [6.45, 7) is 1.85. The van der Waals surface area contributed by atoms with Gasteiger partial charge in [-0.15, -0.1) is 0 Å². The highest BCUT2D eigenvalue weighted by molar-refractivity contribution is 5.97. The molecule has 26 heavy (non-hydrogen) atoms. The summed E-state index contributed by atoms with van der Waals surface area (Å²) in [7, 11) is 4.02. The van der Waals surface area contributed by atoms with Crippen LogP contribution in [0.25, 0.3) is 11.0 Å². The number of fused-ring (bicyclic) bond motifs is 1. The van der Waals surface area contributed by atoms with Gasteiger partial charge in [0.2, 0.25) is 0 Å². The van der Waals surface area contributed by atoms with Crippen molar-refractivity contribution >= 4 is 16.9 Å². The Morgan fingerprint density at radius 2 is 2.15 bits per heavy atom. The maximum Gasteiger partial charge on any atom is 0.251 e. The second-order valence-corrected chi connectivity index (χ2v) is 6.44. The number of imidazole rings is 1. The number of hydrogen-bond acceptors (Lipinski definition) is 7. The van der Waals surface area contributed by atoms with E-state index in [9.17, 15) is 4.79 Å². The van der Waals surface area contributed by atoms with Crippen molar-refractivity contribution < 1.29 is 14.2 Å². The molecule has 1 aliphatic rings. The van der Waals surface area contributed by atoms with Crippen LogP contribution in [0.15, 0.2) is 35.4 Å². The van der Waals surface area contributed by atoms with Crippen molar-refractivity contribution in [2.45, 2.75) is 12.1 Å². The van der Waals surface area contributed by atoms with E-state index in [1.165, 1.54) is 0 Å². The van der Waals surface area contributed by atoms with E-state index in [0.29, 0.717) is 29.7 Å². The summed E-state index contributed by atoms with van der Waals surface area (Å²) in [6, 6.07) is 5.10. The highest BCUT2D eigenvalue weighted by atomic mass is 16.6. The van der Waals surface area contributed by atoms with E-state index in [4.69, 9.17) is 4.74 Å². The van der Waals surface area contributed by atoms with Gasteiger partial charge < -0.3 is 14.6 Å². The number of nitrogens with zero attached hydrogens (tertiary/aromatic N) is 5. The summed E-state index contributed by atoms with van der Waals surface area (Å²) < 4.78 is 12.6. The first-order valence-corrected chi connectivity index (χ1v) is 8.42. The molecule has 9 nitrogen and oxygen atoms in total. The van der Waals surface area contributed by atoms with E-state index in [2.05, 4.69) is 37.2 Å². The number of aryl methyl sites for hydroxylation is 1. The molecule has 0 aliphatic carbocycles. The summed E-state index contributed by atoms with van der Waals surface area (Å²) in [6.07, 6.45) is 3.45. The number of hydrogen-bond donors (Lipinski definition) is 1. The SMILES string of the molecule is CN1CCO[C@@H](CNC(=O)c2ccc3nonc3c2)[C@@H]1c1cncn1C. The van der Waals surface area contributed by atoms with E-state index in [0.717, 1.165) is 12.2 Å². The van der Waals surface area contributed by atoms with Crippen LogP contribution in [0.3, 0.4) is 0 Å². The van der Waals surface area contributed by atoms with Crippen LogP contribution in [-0.2, 0) is 11.8 Å². The molecule has 9 heteroatoms. The Morgan fingerprint density at radius 1 is 1.31 bits per heavy atom. The molecule has 1 fully saturated rings. The molecule has 1 saturated heterocycles. The lowest BCUT2D eigenvalue weighted by Gasteiger charge is -2.39. The van der Waals surface area contributed by atoms with Gasteiger partial charge in [0.25, 0.3) is 5.91 Å². The predicted molar refractivity (Wildman–Crippen MR) is 92.5 cm³/mol. The third-order valence-corrected chi connectivity index (χ3v) is 4.74. The van der Waals surface area contributed by atoms with Crippen molar-refractivity contribution in [3.05, 3.63) is 42.0 Å². The van der Waals surface area contributed by atoms with E-state index in [-0.39, 0.29) is 18.1 Å². The first-order valence-electron chi connectivity index (χ1n) is 8.42. The molecular weight excluding hydrogens is 336 g/mol. The largest absolute Gasteiger partial charge is 0.373 e. The van der Waals surface area contributed by atoms with Gasteiger partial charge in [-0.25, -0.2) is 9.61 Å². The molecule has 1 N–H and O–H groups in total. The van der Waals surface area contributed by atoms with Crippen molar-refractivity contribution in [2.24, 2.45) is 7.05 Å². The molecule has 0 saturated carbocycles. The van der Waals surface area contributed by atoms with Crippen LogP contribution >= 0.6 is 0 Å². The van der Waals surface area contributed by atoms with E-state index in [1.807, 2.05) is 17.8 Å². The lowest BCUT2D eigenvalue weighted by Crippen LogP contribution is -2.48. The van der Waals surface area contributed by atoms with Crippen LogP contribution in [0, 0.1) is 0 Å². The monoisotopic (exact) mass is 356 g/mol. The van der Waals surface area contributed by atoms with Gasteiger partial charge in [0.15, 0.2) is 0 Å². The number of morpholine rings is 1. The molecule has 1 amide bonds. The predicted octanol–water partition coefficient (Wildman–Crippen LogP) is 0.758. The second-order valence-electron chi connectivity index (χ2n) is 6.44. The number of ether oxygens (including phenoxy) is 1. The summed E-state index contributed by atoms with van der Waals surface area (Å²) in [5.74, 6) is -0.185. The number of carbonyl (C=O) groups is 1. The number of benzene rings is 1. The lowest BCUT2D eigenvalue weighted by molar-refractivity contribution is -0.0626. The summed E-state index contributed by atoms with van der Waals surface area (Å²) in [5.41, 5.74) is 2.74. The number of likely N-dealkylation sites (N-methyl/N-ethyl adjacent to an activating group) is 1. The van der Waals surface area contributed by atoms with Crippen LogP contribution in [0.4, 0.5) is 0 Å². The average molecular weight is 356 g/mol. The van der Waals surface area contributed by atoms with Gasteiger partial charge in [-0.3, -0.25) is 9.69 Å². The maximum atomic E-state index is 12.5. The Hall–Kier alpha value is -2.78. The molecular formula is C17H20N6O3. The fraction of sp³-hybridized carbons (Fsp3) is 0.412. The molecule has 1 aliphatic heterocycles. The van der Waals surface area contributed by atoms with Crippen molar-refractivity contribution in [3.8, 4) is 0 Å². The zero-order valence-electron chi connectivity index (χ0n) is 14.6. The standard InChI is InChI=1S/C17H20N6O3/c1-22-5-6-25-15(16(22)14-8-18-10-23(14)2)9-19-17(24)11-3-4-12-13(7-11)21-26-20-12/h3-4,7-8,10,15-16H,5-6,9H2,1-2H3,(H,19,24)/t15-,16-/m0/s1. The Morgan fingerprint density at radius 3 is 2.96 bits per heavy atom. The molecule has 3 heterocycles. The molecule has 0 radical (unpaired) electrons. The van der Waals surface area contributed by atoms with Gasteiger partial charge >= 0.3 is 0 Å².